The third-order valence-corrected chi connectivity index (χ3v) is 4.54. The summed E-state index contributed by atoms with van der Waals surface area (Å²) >= 11 is 12.6. The molecule has 21 heavy (non-hydrogen) atoms. The van der Waals surface area contributed by atoms with Crippen molar-refractivity contribution in [1.29, 1.82) is 0 Å². The summed E-state index contributed by atoms with van der Waals surface area (Å²) in [5.74, 6) is 0. The third kappa shape index (κ3) is 3.42. The molecule has 2 aromatic rings. The SMILES string of the molecule is CCNC(Cc1c(Cl)cccc1Cl)c1c(C)nn(C)c1C. The minimum atomic E-state index is 0.154. The smallest absolute Gasteiger partial charge is 0.0644 e. The van der Waals surface area contributed by atoms with Crippen LogP contribution in [0.3, 0.4) is 0 Å². The van der Waals surface area contributed by atoms with Crippen molar-refractivity contribution < 1.29 is 0 Å². The molecule has 1 aromatic carbocycles. The van der Waals surface area contributed by atoms with Crippen molar-refractivity contribution in [2.45, 2.75) is 33.2 Å². The molecule has 0 bridgehead atoms. The number of likely N-dealkylation sites (N-methyl/N-ethyl adjacent to an activating group) is 1. The highest BCUT2D eigenvalue weighted by Crippen LogP contribution is 2.31. The molecular formula is C16H21Cl2N3. The van der Waals surface area contributed by atoms with E-state index >= 15 is 0 Å². The minimum absolute atomic E-state index is 0.154. The summed E-state index contributed by atoms with van der Waals surface area (Å²) in [6, 6.07) is 5.79. The van der Waals surface area contributed by atoms with E-state index in [9.17, 15) is 0 Å². The van der Waals surface area contributed by atoms with Crippen LogP contribution in [0.4, 0.5) is 0 Å². The fourth-order valence-electron chi connectivity index (χ4n) is 2.75. The Morgan fingerprint density at radius 3 is 2.33 bits per heavy atom. The van der Waals surface area contributed by atoms with E-state index < -0.39 is 0 Å². The molecule has 2 rings (SSSR count). The number of nitrogens with one attached hydrogen (secondary N) is 1. The van der Waals surface area contributed by atoms with Crippen molar-refractivity contribution in [2.75, 3.05) is 6.54 Å². The largest absolute Gasteiger partial charge is 0.310 e. The van der Waals surface area contributed by atoms with Gasteiger partial charge in [0.25, 0.3) is 0 Å². The highest BCUT2D eigenvalue weighted by molar-refractivity contribution is 6.36. The number of hydrogen-bond acceptors (Lipinski definition) is 2. The van der Waals surface area contributed by atoms with Gasteiger partial charge in [-0.25, -0.2) is 0 Å². The van der Waals surface area contributed by atoms with Crippen LogP contribution < -0.4 is 5.32 Å². The van der Waals surface area contributed by atoms with E-state index in [1.54, 1.807) is 0 Å². The zero-order valence-corrected chi connectivity index (χ0v) is 14.4. The lowest BCUT2D eigenvalue weighted by molar-refractivity contribution is 0.544. The number of hydrogen-bond donors (Lipinski definition) is 1. The van der Waals surface area contributed by atoms with E-state index in [2.05, 4.69) is 24.3 Å². The summed E-state index contributed by atoms with van der Waals surface area (Å²) in [5, 5.41) is 9.46. The van der Waals surface area contributed by atoms with Crippen LogP contribution in [0.25, 0.3) is 0 Å². The lowest BCUT2D eigenvalue weighted by Gasteiger charge is -2.20. The first-order valence-electron chi connectivity index (χ1n) is 7.12. The molecule has 1 unspecified atom stereocenters. The topological polar surface area (TPSA) is 29.9 Å². The number of rotatable bonds is 5. The maximum Gasteiger partial charge on any atom is 0.0644 e. The average molecular weight is 326 g/mol. The average Bonchev–Trinajstić information content (AvgIpc) is 2.67. The van der Waals surface area contributed by atoms with E-state index in [0.717, 1.165) is 24.2 Å². The fourth-order valence-corrected chi connectivity index (χ4v) is 3.30. The molecule has 0 aliphatic rings. The quantitative estimate of drug-likeness (QED) is 0.891. The summed E-state index contributed by atoms with van der Waals surface area (Å²) in [4.78, 5) is 0. The summed E-state index contributed by atoms with van der Waals surface area (Å²) in [6.07, 6.45) is 0.750. The van der Waals surface area contributed by atoms with E-state index in [1.165, 1.54) is 11.3 Å². The van der Waals surface area contributed by atoms with Gasteiger partial charge >= 0.3 is 0 Å². The van der Waals surface area contributed by atoms with Crippen molar-refractivity contribution in [3.63, 3.8) is 0 Å². The zero-order chi connectivity index (χ0) is 15.6. The Hall–Kier alpha value is -1.03. The maximum absolute atomic E-state index is 6.31. The summed E-state index contributed by atoms with van der Waals surface area (Å²) in [6.45, 7) is 7.11. The predicted molar refractivity (Wildman–Crippen MR) is 89.3 cm³/mol. The van der Waals surface area contributed by atoms with Crippen molar-refractivity contribution >= 4 is 23.2 Å². The van der Waals surface area contributed by atoms with Crippen LogP contribution in [0, 0.1) is 13.8 Å². The predicted octanol–water partition coefficient (Wildman–Crippen LogP) is 4.24. The molecule has 0 fully saturated rings. The van der Waals surface area contributed by atoms with E-state index in [0.29, 0.717) is 10.0 Å². The number of benzene rings is 1. The number of nitrogens with zero attached hydrogens (tertiary/aromatic N) is 2. The highest BCUT2D eigenvalue weighted by atomic mass is 35.5. The van der Waals surface area contributed by atoms with E-state index in [-0.39, 0.29) is 6.04 Å². The molecular weight excluding hydrogens is 305 g/mol. The third-order valence-electron chi connectivity index (χ3n) is 3.83. The van der Waals surface area contributed by atoms with Gasteiger partial charge in [0.05, 0.1) is 5.69 Å². The second kappa shape index (κ2) is 6.82. The Balaban J connectivity index is 2.40. The van der Waals surface area contributed by atoms with Crippen molar-refractivity contribution in [3.8, 4) is 0 Å². The van der Waals surface area contributed by atoms with Crippen LogP contribution in [-0.2, 0) is 13.5 Å². The number of aryl methyl sites for hydroxylation is 2. The van der Waals surface area contributed by atoms with Gasteiger partial charge in [-0.3, -0.25) is 4.68 Å². The number of aromatic nitrogens is 2. The van der Waals surface area contributed by atoms with Crippen molar-refractivity contribution in [2.24, 2.45) is 7.05 Å². The van der Waals surface area contributed by atoms with Crippen molar-refractivity contribution in [3.05, 3.63) is 50.8 Å². The Morgan fingerprint density at radius 1 is 1.24 bits per heavy atom. The Bertz CT molecular complexity index is 614. The molecule has 3 nitrogen and oxygen atoms in total. The summed E-state index contributed by atoms with van der Waals surface area (Å²) in [7, 11) is 1.97. The lowest BCUT2D eigenvalue weighted by atomic mass is 9.97. The highest BCUT2D eigenvalue weighted by Gasteiger charge is 2.21. The molecule has 1 atom stereocenters. The number of halogens is 2. The molecule has 114 valence electrons. The van der Waals surface area contributed by atoms with Gasteiger partial charge in [0.2, 0.25) is 0 Å². The standard InChI is InChI=1S/C16H21Cl2N3/c1-5-19-15(16-10(2)20-21(4)11(16)3)9-12-13(17)7-6-8-14(12)18/h6-8,15,19H,5,9H2,1-4H3. The van der Waals surface area contributed by atoms with E-state index in [1.807, 2.05) is 36.9 Å². The molecule has 0 amide bonds. The molecule has 0 saturated heterocycles. The van der Waals surface area contributed by atoms with Crippen LogP contribution in [0.2, 0.25) is 10.0 Å². The molecule has 0 aliphatic carbocycles. The molecule has 0 saturated carbocycles. The monoisotopic (exact) mass is 325 g/mol. The second-order valence-corrected chi connectivity index (χ2v) is 6.04. The minimum Gasteiger partial charge on any atom is -0.310 e. The first kappa shape index (κ1) is 16.3. The second-order valence-electron chi connectivity index (χ2n) is 5.22. The Morgan fingerprint density at radius 2 is 1.86 bits per heavy atom. The lowest BCUT2D eigenvalue weighted by Crippen LogP contribution is -2.24. The Kier molecular flexibility index (Phi) is 5.31. The van der Waals surface area contributed by atoms with Gasteiger partial charge < -0.3 is 5.32 Å². The van der Waals surface area contributed by atoms with Gasteiger partial charge in [-0.1, -0.05) is 36.2 Å². The molecule has 1 heterocycles. The first-order chi connectivity index (χ1) is 9.95. The normalized spacial score (nSPS) is 12.7. The first-order valence-corrected chi connectivity index (χ1v) is 7.87. The van der Waals surface area contributed by atoms with E-state index in [4.69, 9.17) is 23.2 Å². The molecule has 5 heteroatoms. The van der Waals surface area contributed by atoms with Crippen LogP contribution in [0.1, 0.15) is 35.5 Å². The molecule has 1 aromatic heterocycles. The van der Waals surface area contributed by atoms with Crippen LogP contribution in [-0.4, -0.2) is 16.3 Å². The summed E-state index contributed by atoms with van der Waals surface area (Å²) < 4.78 is 1.92. The van der Waals surface area contributed by atoms with Gasteiger partial charge in [-0.15, -0.1) is 0 Å². The van der Waals surface area contributed by atoms with Gasteiger partial charge in [0.1, 0.15) is 0 Å². The van der Waals surface area contributed by atoms with Crippen molar-refractivity contribution in [1.82, 2.24) is 15.1 Å². The van der Waals surface area contributed by atoms with Gasteiger partial charge in [-0.2, -0.15) is 5.10 Å². The van der Waals surface area contributed by atoms with Crippen LogP contribution in [0.15, 0.2) is 18.2 Å². The molecule has 0 aliphatic heterocycles. The Labute approximate surface area is 136 Å². The molecule has 0 radical (unpaired) electrons. The van der Waals surface area contributed by atoms with Crippen LogP contribution in [0.5, 0.6) is 0 Å². The molecule has 1 N–H and O–H groups in total. The van der Waals surface area contributed by atoms with Gasteiger partial charge in [0, 0.05) is 34.4 Å². The van der Waals surface area contributed by atoms with Gasteiger partial charge in [-0.05, 0) is 44.5 Å². The molecule has 0 spiro atoms. The summed E-state index contributed by atoms with van der Waals surface area (Å²) in [5.41, 5.74) is 4.43. The maximum atomic E-state index is 6.31. The van der Waals surface area contributed by atoms with Crippen LogP contribution >= 0.6 is 23.2 Å². The van der Waals surface area contributed by atoms with Gasteiger partial charge in [0.15, 0.2) is 0 Å². The fraction of sp³-hybridized carbons (Fsp3) is 0.438. The zero-order valence-electron chi connectivity index (χ0n) is 12.9.